The van der Waals surface area contributed by atoms with Crippen molar-refractivity contribution in [2.24, 2.45) is 11.8 Å². The van der Waals surface area contributed by atoms with E-state index in [9.17, 15) is 9.59 Å². The summed E-state index contributed by atoms with van der Waals surface area (Å²) in [4.78, 5) is 27.8. The molecule has 4 nitrogen and oxygen atoms in total. The summed E-state index contributed by atoms with van der Waals surface area (Å²) < 4.78 is 4.85. The lowest BCUT2D eigenvalue weighted by atomic mass is 9.87. The highest BCUT2D eigenvalue weighted by molar-refractivity contribution is 7.10. The fourth-order valence-electron chi connectivity index (χ4n) is 3.57. The zero-order valence-corrected chi connectivity index (χ0v) is 13.3. The third-order valence-corrected chi connectivity index (χ3v) is 5.77. The van der Waals surface area contributed by atoms with Crippen LogP contribution in [-0.2, 0) is 20.7 Å². The molecule has 1 saturated heterocycles. The second kappa shape index (κ2) is 5.79. The topological polar surface area (TPSA) is 46.6 Å². The summed E-state index contributed by atoms with van der Waals surface area (Å²) in [5.74, 6) is -0.0229. The van der Waals surface area contributed by atoms with Crippen LogP contribution in [0.2, 0.25) is 0 Å². The molecule has 3 rings (SSSR count). The maximum absolute atomic E-state index is 12.8. The van der Waals surface area contributed by atoms with Crippen molar-refractivity contribution in [3.8, 4) is 0 Å². The van der Waals surface area contributed by atoms with Crippen LogP contribution < -0.4 is 0 Å². The first-order chi connectivity index (χ1) is 10.1. The molecule has 0 N–H and O–H groups in total. The summed E-state index contributed by atoms with van der Waals surface area (Å²) in [7, 11) is 1.41. The Morgan fingerprint density at radius 2 is 2.19 bits per heavy atom. The first-order valence-electron chi connectivity index (χ1n) is 7.54. The van der Waals surface area contributed by atoms with Crippen LogP contribution in [-0.4, -0.2) is 37.0 Å². The minimum atomic E-state index is -0.197. The number of methoxy groups -OCH3 is 1. The Labute approximate surface area is 129 Å². The second-order valence-corrected chi connectivity index (χ2v) is 7.09. The fraction of sp³-hybridized carbons (Fsp3) is 0.625. The molecule has 1 fully saturated rings. The van der Waals surface area contributed by atoms with Crippen molar-refractivity contribution in [3.63, 3.8) is 0 Å². The number of ether oxygens (including phenoxy) is 1. The van der Waals surface area contributed by atoms with Crippen molar-refractivity contribution < 1.29 is 14.3 Å². The fourth-order valence-corrected chi connectivity index (χ4v) is 4.56. The van der Waals surface area contributed by atoms with Crippen LogP contribution in [0.25, 0.3) is 0 Å². The highest BCUT2D eigenvalue weighted by Crippen LogP contribution is 2.37. The number of rotatable bonds is 2. The third-order valence-electron chi connectivity index (χ3n) is 4.78. The van der Waals surface area contributed by atoms with Gasteiger partial charge in [0.15, 0.2) is 0 Å². The molecule has 21 heavy (non-hydrogen) atoms. The molecule has 0 saturated carbocycles. The predicted octanol–water partition coefficient (Wildman–Crippen LogP) is 2.44. The summed E-state index contributed by atoms with van der Waals surface area (Å²) in [6.07, 6.45) is 3.10. The molecule has 5 heteroatoms. The summed E-state index contributed by atoms with van der Waals surface area (Å²) >= 11 is 1.75. The van der Waals surface area contributed by atoms with Gasteiger partial charge in [0.05, 0.1) is 18.9 Å². The van der Waals surface area contributed by atoms with Crippen LogP contribution in [0.15, 0.2) is 11.4 Å². The van der Waals surface area contributed by atoms with E-state index in [-0.39, 0.29) is 29.6 Å². The van der Waals surface area contributed by atoms with E-state index in [1.165, 1.54) is 17.6 Å². The van der Waals surface area contributed by atoms with Gasteiger partial charge in [-0.25, -0.2) is 0 Å². The lowest BCUT2D eigenvalue weighted by Crippen LogP contribution is -2.35. The molecular weight excluding hydrogens is 286 g/mol. The SMILES string of the molecule is COC(=O)C1CN(C(=O)C2CCCc3sccc32)CC1C. The van der Waals surface area contributed by atoms with Crippen molar-refractivity contribution >= 4 is 23.2 Å². The monoisotopic (exact) mass is 307 g/mol. The van der Waals surface area contributed by atoms with Crippen molar-refractivity contribution in [2.45, 2.75) is 32.1 Å². The van der Waals surface area contributed by atoms with Gasteiger partial charge >= 0.3 is 5.97 Å². The van der Waals surface area contributed by atoms with Gasteiger partial charge in [-0.3, -0.25) is 9.59 Å². The van der Waals surface area contributed by atoms with Crippen LogP contribution in [0, 0.1) is 11.8 Å². The number of esters is 1. The molecule has 1 aliphatic heterocycles. The normalized spacial score (nSPS) is 28.3. The maximum Gasteiger partial charge on any atom is 0.310 e. The minimum Gasteiger partial charge on any atom is -0.469 e. The van der Waals surface area contributed by atoms with E-state index in [2.05, 4.69) is 11.4 Å². The summed E-state index contributed by atoms with van der Waals surface area (Å²) in [6.45, 7) is 3.18. The Morgan fingerprint density at radius 1 is 1.38 bits per heavy atom. The first kappa shape index (κ1) is 14.6. The van der Waals surface area contributed by atoms with E-state index in [4.69, 9.17) is 4.74 Å². The Hall–Kier alpha value is -1.36. The van der Waals surface area contributed by atoms with Crippen molar-refractivity contribution in [3.05, 3.63) is 21.9 Å². The van der Waals surface area contributed by atoms with E-state index in [0.29, 0.717) is 13.1 Å². The van der Waals surface area contributed by atoms with Crippen LogP contribution in [0.4, 0.5) is 0 Å². The van der Waals surface area contributed by atoms with Crippen molar-refractivity contribution in [1.29, 1.82) is 0 Å². The highest BCUT2D eigenvalue weighted by Gasteiger charge is 2.40. The molecule has 2 heterocycles. The summed E-state index contributed by atoms with van der Waals surface area (Å²) in [5, 5.41) is 2.08. The summed E-state index contributed by atoms with van der Waals surface area (Å²) in [5.41, 5.74) is 1.21. The quantitative estimate of drug-likeness (QED) is 0.788. The number of thiophene rings is 1. The number of carbonyl (C=O) groups is 2. The van der Waals surface area contributed by atoms with Crippen LogP contribution in [0.5, 0.6) is 0 Å². The van der Waals surface area contributed by atoms with Gasteiger partial charge in [-0.2, -0.15) is 0 Å². The van der Waals surface area contributed by atoms with Gasteiger partial charge in [0, 0.05) is 18.0 Å². The lowest BCUT2D eigenvalue weighted by molar-refractivity contribution is -0.146. The molecule has 1 aromatic heterocycles. The number of hydrogen-bond donors (Lipinski definition) is 0. The number of carbonyl (C=O) groups excluding carboxylic acids is 2. The Kier molecular flexibility index (Phi) is 4.02. The molecule has 1 aliphatic carbocycles. The van der Waals surface area contributed by atoms with Crippen molar-refractivity contribution in [2.75, 3.05) is 20.2 Å². The largest absolute Gasteiger partial charge is 0.469 e. The van der Waals surface area contributed by atoms with E-state index in [0.717, 1.165) is 19.3 Å². The highest BCUT2D eigenvalue weighted by atomic mass is 32.1. The van der Waals surface area contributed by atoms with Gasteiger partial charge in [0.25, 0.3) is 0 Å². The Balaban J connectivity index is 1.74. The molecule has 0 radical (unpaired) electrons. The van der Waals surface area contributed by atoms with Crippen LogP contribution in [0.3, 0.4) is 0 Å². The van der Waals surface area contributed by atoms with Crippen LogP contribution in [0.1, 0.15) is 36.1 Å². The van der Waals surface area contributed by atoms with Gasteiger partial charge in [-0.15, -0.1) is 11.3 Å². The maximum atomic E-state index is 12.8. The first-order valence-corrected chi connectivity index (χ1v) is 8.42. The molecule has 0 bridgehead atoms. The molecule has 3 unspecified atom stereocenters. The van der Waals surface area contributed by atoms with Gasteiger partial charge < -0.3 is 9.64 Å². The standard InChI is InChI=1S/C16H21NO3S/c1-10-8-17(9-13(10)16(19)20-2)15(18)12-4-3-5-14-11(12)6-7-21-14/h6-7,10,12-13H,3-5,8-9H2,1-2H3. The molecular formula is C16H21NO3S. The molecule has 1 amide bonds. The van der Waals surface area contributed by atoms with E-state index in [1.54, 1.807) is 11.3 Å². The summed E-state index contributed by atoms with van der Waals surface area (Å²) in [6, 6.07) is 2.10. The van der Waals surface area contributed by atoms with E-state index < -0.39 is 0 Å². The molecule has 1 aromatic rings. The smallest absolute Gasteiger partial charge is 0.310 e. The number of likely N-dealkylation sites (tertiary alicyclic amines) is 1. The minimum absolute atomic E-state index is 0.0106. The number of fused-ring (bicyclic) bond motifs is 1. The van der Waals surface area contributed by atoms with E-state index >= 15 is 0 Å². The van der Waals surface area contributed by atoms with E-state index in [1.807, 2.05) is 11.8 Å². The number of hydrogen-bond acceptors (Lipinski definition) is 4. The zero-order valence-electron chi connectivity index (χ0n) is 12.5. The molecule has 0 aromatic carbocycles. The zero-order chi connectivity index (χ0) is 15.0. The molecule has 2 aliphatic rings. The predicted molar refractivity (Wildman–Crippen MR) is 81.2 cm³/mol. The Morgan fingerprint density at radius 3 is 2.95 bits per heavy atom. The lowest BCUT2D eigenvalue weighted by Gasteiger charge is -2.26. The Bertz CT molecular complexity index is 553. The number of aryl methyl sites for hydroxylation is 1. The molecule has 114 valence electrons. The van der Waals surface area contributed by atoms with Gasteiger partial charge in [-0.1, -0.05) is 6.92 Å². The van der Waals surface area contributed by atoms with Crippen molar-refractivity contribution in [1.82, 2.24) is 4.90 Å². The third kappa shape index (κ3) is 2.59. The van der Waals surface area contributed by atoms with Gasteiger partial charge in [0.1, 0.15) is 0 Å². The van der Waals surface area contributed by atoms with Crippen LogP contribution >= 0.6 is 11.3 Å². The second-order valence-electron chi connectivity index (χ2n) is 6.09. The molecule has 3 atom stereocenters. The molecule has 0 spiro atoms. The number of amides is 1. The average molecular weight is 307 g/mol. The average Bonchev–Trinajstić information content (AvgIpc) is 3.11. The van der Waals surface area contributed by atoms with Gasteiger partial charge in [-0.05, 0) is 42.2 Å². The number of nitrogens with zero attached hydrogens (tertiary/aromatic N) is 1. The van der Waals surface area contributed by atoms with Gasteiger partial charge in [0.2, 0.25) is 5.91 Å².